The molecule has 3 nitrogen and oxygen atoms in total. The van der Waals surface area contributed by atoms with E-state index < -0.39 is 4.92 Å². The maximum absolute atomic E-state index is 10.5. The van der Waals surface area contributed by atoms with Crippen LogP contribution >= 0.6 is 11.6 Å². The van der Waals surface area contributed by atoms with Gasteiger partial charge in [-0.05, 0) is 37.3 Å². The van der Waals surface area contributed by atoms with Gasteiger partial charge in [0.05, 0.1) is 10.5 Å². The van der Waals surface area contributed by atoms with Crippen LogP contribution in [0, 0.1) is 10.1 Å². The van der Waals surface area contributed by atoms with Gasteiger partial charge in [-0.3, -0.25) is 10.1 Å². The highest BCUT2D eigenvalue weighted by molar-refractivity contribution is 6.30. The Morgan fingerprint density at radius 1 is 1.46 bits per heavy atom. The Balaban J connectivity index is 3.07. The number of hydrogen-bond donors (Lipinski definition) is 0. The summed E-state index contributed by atoms with van der Waals surface area (Å²) in [6, 6.07) is 6.51. The molecule has 0 N–H and O–H groups in total. The number of nitrogens with zero attached hydrogens (tertiary/aromatic N) is 1. The van der Waals surface area contributed by atoms with E-state index in [1.54, 1.807) is 31.2 Å². The van der Waals surface area contributed by atoms with E-state index in [0.29, 0.717) is 10.6 Å². The Morgan fingerprint density at radius 3 is 2.38 bits per heavy atom. The lowest BCUT2D eigenvalue weighted by atomic mass is 10.1. The van der Waals surface area contributed by atoms with Gasteiger partial charge in [-0.1, -0.05) is 11.6 Å². The molecule has 4 heteroatoms. The van der Waals surface area contributed by atoms with Crippen LogP contribution in [0.1, 0.15) is 12.5 Å². The minimum atomic E-state index is -0.413. The van der Waals surface area contributed by atoms with Gasteiger partial charge in [0.25, 0.3) is 5.70 Å². The van der Waals surface area contributed by atoms with E-state index in [4.69, 9.17) is 11.6 Å². The highest BCUT2D eigenvalue weighted by Crippen LogP contribution is 2.17. The van der Waals surface area contributed by atoms with Crippen molar-refractivity contribution in [2.45, 2.75) is 6.92 Å². The second-order valence-corrected chi connectivity index (χ2v) is 2.87. The number of rotatable bonds is 2. The molecule has 0 unspecified atom stereocenters. The molecule has 0 aliphatic carbocycles. The fraction of sp³-hybridized carbons (Fsp3) is 0.111. The number of allylic oxidation sites excluding steroid dienone is 1. The summed E-state index contributed by atoms with van der Waals surface area (Å²) in [6.07, 6.45) is 1.46. The lowest BCUT2D eigenvalue weighted by molar-refractivity contribution is -0.375. The molecule has 0 aliphatic rings. The average molecular weight is 198 g/mol. The van der Waals surface area contributed by atoms with Crippen LogP contribution in [0.15, 0.2) is 30.3 Å². The molecule has 0 aliphatic heterocycles. The standard InChI is InChI=1S/C9H8ClNO2/c1-2-9(11(12)13)7-3-5-8(10)6-4-7/h2-6H,1H3. The van der Waals surface area contributed by atoms with Gasteiger partial charge in [0, 0.05) is 5.02 Å². The zero-order chi connectivity index (χ0) is 9.84. The fourth-order valence-corrected chi connectivity index (χ4v) is 1.12. The topological polar surface area (TPSA) is 43.1 Å². The first-order valence-electron chi connectivity index (χ1n) is 3.72. The third kappa shape index (κ3) is 2.29. The molecule has 0 saturated heterocycles. The summed E-state index contributed by atoms with van der Waals surface area (Å²) in [6.45, 7) is 1.63. The molecule has 13 heavy (non-hydrogen) atoms. The van der Waals surface area contributed by atoms with Gasteiger partial charge in [-0.2, -0.15) is 0 Å². The Morgan fingerprint density at radius 2 is 2.00 bits per heavy atom. The normalized spacial score (nSPS) is 11.4. The molecule has 0 radical (unpaired) electrons. The van der Waals surface area contributed by atoms with Crippen molar-refractivity contribution >= 4 is 17.3 Å². The van der Waals surface area contributed by atoms with Crippen LogP contribution in [-0.2, 0) is 0 Å². The zero-order valence-corrected chi connectivity index (χ0v) is 7.78. The van der Waals surface area contributed by atoms with Gasteiger partial charge >= 0.3 is 0 Å². The summed E-state index contributed by atoms with van der Waals surface area (Å²) in [5, 5.41) is 11.1. The van der Waals surface area contributed by atoms with Crippen molar-refractivity contribution in [2.75, 3.05) is 0 Å². The monoisotopic (exact) mass is 197 g/mol. The van der Waals surface area contributed by atoms with Crippen LogP contribution in [0.4, 0.5) is 0 Å². The van der Waals surface area contributed by atoms with Crippen molar-refractivity contribution in [3.05, 3.63) is 51.0 Å². The lowest BCUT2D eigenvalue weighted by Gasteiger charge is -1.97. The van der Waals surface area contributed by atoms with Crippen LogP contribution in [0.5, 0.6) is 0 Å². The van der Waals surface area contributed by atoms with Crippen molar-refractivity contribution in [1.82, 2.24) is 0 Å². The molecule has 1 rings (SSSR count). The highest BCUT2D eigenvalue weighted by Gasteiger charge is 2.11. The quantitative estimate of drug-likeness (QED) is 0.540. The molecule has 1 aromatic carbocycles. The maximum Gasteiger partial charge on any atom is 0.272 e. The first-order valence-corrected chi connectivity index (χ1v) is 4.09. The van der Waals surface area contributed by atoms with E-state index in [1.807, 2.05) is 0 Å². The molecular formula is C9H8ClNO2. The molecular weight excluding hydrogens is 190 g/mol. The Bertz CT molecular complexity index is 343. The molecule has 1 aromatic rings. The summed E-state index contributed by atoms with van der Waals surface area (Å²) >= 11 is 5.65. The smallest absolute Gasteiger partial charge is 0.258 e. The molecule has 0 amide bonds. The van der Waals surface area contributed by atoms with Crippen molar-refractivity contribution in [3.8, 4) is 0 Å². The Kier molecular flexibility index (Phi) is 3.03. The second-order valence-electron chi connectivity index (χ2n) is 2.44. The fourth-order valence-electron chi connectivity index (χ4n) is 0.998. The third-order valence-electron chi connectivity index (χ3n) is 1.61. The van der Waals surface area contributed by atoms with Gasteiger partial charge < -0.3 is 0 Å². The van der Waals surface area contributed by atoms with E-state index in [9.17, 15) is 10.1 Å². The van der Waals surface area contributed by atoms with Crippen LogP contribution in [0.2, 0.25) is 5.02 Å². The number of nitro groups is 1. The Labute approximate surface area is 80.8 Å². The first kappa shape index (κ1) is 9.74. The molecule has 0 heterocycles. The van der Waals surface area contributed by atoms with Crippen molar-refractivity contribution < 1.29 is 4.92 Å². The molecule has 0 saturated carbocycles. The highest BCUT2D eigenvalue weighted by atomic mass is 35.5. The molecule has 0 aromatic heterocycles. The summed E-state index contributed by atoms with van der Waals surface area (Å²) in [7, 11) is 0. The van der Waals surface area contributed by atoms with Gasteiger partial charge in [0.1, 0.15) is 0 Å². The summed E-state index contributed by atoms with van der Waals surface area (Å²) < 4.78 is 0. The van der Waals surface area contributed by atoms with Crippen LogP contribution in [0.25, 0.3) is 5.70 Å². The molecule has 0 spiro atoms. The van der Waals surface area contributed by atoms with Gasteiger partial charge in [0.2, 0.25) is 0 Å². The van der Waals surface area contributed by atoms with Crippen molar-refractivity contribution in [3.63, 3.8) is 0 Å². The summed E-state index contributed by atoms with van der Waals surface area (Å²) in [4.78, 5) is 10.1. The molecule has 0 fully saturated rings. The van der Waals surface area contributed by atoms with Gasteiger partial charge in [-0.25, -0.2) is 0 Å². The van der Waals surface area contributed by atoms with Gasteiger partial charge in [0.15, 0.2) is 0 Å². The van der Waals surface area contributed by atoms with E-state index in [-0.39, 0.29) is 5.70 Å². The summed E-state index contributed by atoms with van der Waals surface area (Å²) in [5.41, 5.74) is 0.661. The van der Waals surface area contributed by atoms with E-state index in [1.165, 1.54) is 6.08 Å². The lowest BCUT2D eigenvalue weighted by Crippen LogP contribution is -1.96. The molecule has 0 atom stereocenters. The minimum absolute atomic E-state index is 0.0941. The zero-order valence-electron chi connectivity index (χ0n) is 7.03. The van der Waals surface area contributed by atoms with Crippen LogP contribution in [0.3, 0.4) is 0 Å². The number of benzene rings is 1. The van der Waals surface area contributed by atoms with Gasteiger partial charge in [-0.15, -0.1) is 0 Å². The minimum Gasteiger partial charge on any atom is -0.258 e. The predicted molar refractivity (Wildman–Crippen MR) is 52.1 cm³/mol. The average Bonchev–Trinajstić information content (AvgIpc) is 2.09. The van der Waals surface area contributed by atoms with Crippen LogP contribution in [-0.4, -0.2) is 4.92 Å². The molecule has 68 valence electrons. The first-order chi connectivity index (χ1) is 6.15. The maximum atomic E-state index is 10.5. The summed E-state index contributed by atoms with van der Waals surface area (Å²) in [5.74, 6) is 0. The second kappa shape index (κ2) is 4.05. The molecule has 0 bridgehead atoms. The van der Waals surface area contributed by atoms with Crippen molar-refractivity contribution in [2.24, 2.45) is 0 Å². The number of hydrogen-bond acceptors (Lipinski definition) is 2. The van der Waals surface area contributed by atoms with E-state index in [2.05, 4.69) is 0 Å². The largest absolute Gasteiger partial charge is 0.272 e. The van der Waals surface area contributed by atoms with Crippen molar-refractivity contribution in [1.29, 1.82) is 0 Å². The van der Waals surface area contributed by atoms with E-state index in [0.717, 1.165) is 0 Å². The SMILES string of the molecule is CC=C(c1ccc(Cl)cc1)[N+](=O)[O-]. The van der Waals surface area contributed by atoms with E-state index >= 15 is 0 Å². The number of halogens is 1. The predicted octanol–water partition coefficient (Wildman–Crippen LogP) is 2.98. The third-order valence-corrected chi connectivity index (χ3v) is 1.86. The van der Waals surface area contributed by atoms with Crippen LogP contribution < -0.4 is 0 Å². The Hall–Kier alpha value is -1.35.